The molecule has 0 spiro atoms. The SMILES string of the molecule is CCCN(C(=O)c1cccc(OCc2csc(C)n2)c1)C1CCNC1.Cl.Cl. The molecule has 1 aromatic heterocycles. The van der Waals surface area contributed by atoms with Gasteiger partial charge in [0.05, 0.1) is 10.7 Å². The number of hydrogen-bond acceptors (Lipinski definition) is 5. The minimum Gasteiger partial charge on any atom is -0.487 e. The normalized spacial score (nSPS) is 15.6. The third kappa shape index (κ3) is 6.35. The minimum absolute atomic E-state index is 0. The van der Waals surface area contributed by atoms with Gasteiger partial charge in [0.25, 0.3) is 5.91 Å². The van der Waals surface area contributed by atoms with Crippen LogP contribution in [0.15, 0.2) is 29.6 Å². The first kappa shape index (κ1) is 23.7. The van der Waals surface area contributed by atoms with Gasteiger partial charge in [0, 0.05) is 30.1 Å². The lowest BCUT2D eigenvalue weighted by Gasteiger charge is -2.28. The number of halogens is 2. The number of nitrogens with zero attached hydrogens (tertiary/aromatic N) is 2. The molecule has 3 rings (SSSR count). The molecule has 1 unspecified atom stereocenters. The minimum atomic E-state index is 0. The van der Waals surface area contributed by atoms with Gasteiger partial charge in [-0.15, -0.1) is 36.2 Å². The van der Waals surface area contributed by atoms with Gasteiger partial charge >= 0.3 is 0 Å². The van der Waals surface area contributed by atoms with E-state index in [2.05, 4.69) is 17.2 Å². The summed E-state index contributed by atoms with van der Waals surface area (Å²) in [5.41, 5.74) is 1.61. The summed E-state index contributed by atoms with van der Waals surface area (Å²) in [5.74, 6) is 0.794. The van der Waals surface area contributed by atoms with Crippen molar-refractivity contribution in [3.63, 3.8) is 0 Å². The number of hydrogen-bond donors (Lipinski definition) is 1. The highest BCUT2D eigenvalue weighted by Crippen LogP contribution is 2.20. The van der Waals surface area contributed by atoms with Crippen LogP contribution in [0.1, 0.15) is 40.8 Å². The Morgan fingerprint density at radius 3 is 2.85 bits per heavy atom. The highest BCUT2D eigenvalue weighted by molar-refractivity contribution is 7.09. The predicted molar refractivity (Wildman–Crippen MR) is 115 cm³/mol. The van der Waals surface area contributed by atoms with Gasteiger partial charge < -0.3 is 15.0 Å². The molecule has 1 aliphatic heterocycles. The van der Waals surface area contributed by atoms with Crippen molar-refractivity contribution < 1.29 is 9.53 Å². The molecule has 1 fully saturated rings. The van der Waals surface area contributed by atoms with Crippen LogP contribution in [0, 0.1) is 6.92 Å². The average Bonchev–Trinajstić information content (AvgIpc) is 3.29. The fourth-order valence-electron chi connectivity index (χ4n) is 3.11. The molecule has 2 aromatic rings. The first-order valence-corrected chi connectivity index (χ1v) is 9.71. The fraction of sp³-hybridized carbons (Fsp3) is 0.474. The van der Waals surface area contributed by atoms with E-state index in [9.17, 15) is 4.79 Å². The van der Waals surface area contributed by atoms with Crippen molar-refractivity contribution in [1.29, 1.82) is 0 Å². The molecule has 1 saturated heterocycles. The van der Waals surface area contributed by atoms with Gasteiger partial charge in [-0.05, 0) is 44.5 Å². The molecule has 1 atom stereocenters. The number of aromatic nitrogens is 1. The summed E-state index contributed by atoms with van der Waals surface area (Å²) in [7, 11) is 0. The number of amides is 1. The third-order valence-electron chi connectivity index (χ3n) is 4.33. The summed E-state index contributed by atoms with van der Waals surface area (Å²) >= 11 is 1.61. The molecular formula is C19H27Cl2N3O2S. The topological polar surface area (TPSA) is 54.5 Å². The molecule has 150 valence electrons. The first-order chi connectivity index (χ1) is 12.2. The Labute approximate surface area is 177 Å². The fourth-order valence-corrected chi connectivity index (χ4v) is 3.71. The molecule has 1 N–H and O–H groups in total. The van der Waals surface area contributed by atoms with Crippen molar-refractivity contribution in [3.8, 4) is 5.75 Å². The second kappa shape index (κ2) is 11.5. The number of aryl methyl sites for hydroxylation is 1. The van der Waals surface area contributed by atoms with Crippen LogP contribution in [0.3, 0.4) is 0 Å². The van der Waals surface area contributed by atoms with Crippen LogP contribution < -0.4 is 10.1 Å². The van der Waals surface area contributed by atoms with Crippen molar-refractivity contribution in [2.45, 2.75) is 39.3 Å². The predicted octanol–water partition coefficient (Wildman–Crippen LogP) is 4.09. The lowest BCUT2D eigenvalue weighted by atomic mass is 10.1. The summed E-state index contributed by atoms with van der Waals surface area (Å²) in [6.45, 7) is 7.16. The average molecular weight is 432 g/mol. The number of benzene rings is 1. The van der Waals surface area contributed by atoms with E-state index in [1.165, 1.54) is 0 Å². The quantitative estimate of drug-likeness (QED) is 0.716. The number of ether oxygens (including phenoxy) is 1. The summed E-state index contributed by atoms with van der Waals surface area (Å²) in [5, 5.41) is 6.38. The maximum Gasteiger partial charge on any atom is 0.254 e. The van der Waals surface area contributed by atoms with Crippen LogP contribution in [0.5, 0.6) is 5.75 Å². The van der Waals surface area contributed by atoms with Crippen molar-refractivity contribution in [2.75, 3.05) is 19.6 Å². The third-order valence-corrected chi connectivity index (χ3v) is 5.16. The van der Waals surface area contributed by atoms with E-state index in [0.29, 0.717) is 17.9 Å². The van der Waals surface area contributed by atoms with E-state index in [-0.39, 0.29) is 36.8 Å². The molecule has 8 heteroatoms. The first-order valence-electron chi connectivity index (χ1n) is 8.83. The van der Waals surface area contributed by atoms with Crippen LogP contribution >= 0.6 is 36.2 Å². The van der Waals surface area contributed by atoms with Gasteiger partial charge in [0.15, 0.2) is 0 Å². The Bertz CT molecular complexity index is 720. The van der Waals surface area contributed by atoms with Gasteiger partial charge in [-0.2, -0.15) is 0 Å². The van der Waals surface area contributed by atoms with Gasteiger partial charge in [-0.25, -0.2) is 4.98 Å². The van der Waals surface area contributed by atoms with Crippen molar-refractivity contribution in [1.82, 2.24) is 15.2 Å². The maximum absolute atomic E-state index is 13.0. The molecule has 1 aromatic carbocycles. The van der Waals surface area contributed by atoms with Crippen LogP contribution in [0.25, 0.3) is 0 Å². The lowest BCUT2D eigenvalue weighted by Crippen LogP contribution is -2.42. The Balaban J connectivity index is 0.00000182. The zero-order chi connectivity index (χ0) is 17.6. The highest BCUT2D eigenvalue weighted by Gasteiger charge is 2.26. The molecule has 0 radical (unpaired) electrons. The molecule has 27 heavy (non-hydrogen) atoms. The Morgan fingerprint density at radius 1 is 1.41 bits per heavy atom. The molecule has 1 aliphatic rings. The molecule has 1 amide bonds. The van der Waals surface area contributed by atoms with Crippen LogP contribution in [0.2, 0.25) is 0 Å². The maximum atomic E-state index is 13.0. The molecule has 0 aliphatic carbocycles. The summed E-state index contributed by atoms with van der Waals surface area (Å²) < 4.78 is 5.82. The van der Waals surface area contributed by atoms with Gasteiger partial charge in [-0.1, -0.05) is 13.0 Å². The highest BCUT2D eigenvalue weighted by atomic mass is 35.5. The van der Waals surface area contributed by atoms with Crippen LogP contribution in [-0.4, -0.2) is 41.5 Å². The van der Waals surface area contributed by atoms with E-state index in [0.717, 1.165) is 43.2 Å². The largest absolute Gasteiger partial charge is 0.487 e. The van der Waals surface area contributed by atoms with E-state index in [1.807, 2.05) is 41.5 Å². The Kier molecular flexibility index (Phi) is 10.1. The van der Waals surface area contributed by atoms with E-state index in [1.54, 1.807) is 11.3 Å². The van der Waals surface area contributed by atoms with E-state index in [4.69, 9.17) is 4.74 Å². The molecule has 0 saturated carbocycles. The Morgan fingerprint density at radius 2 is 2.22 bits per heavy atom. The zero-order valence-corrected chi connectivity index (χ0v) is 18.1. The second-order valence-corrected chi connectivity index (χ2v) is 7.38. The molecule has 0 bridgehead atoms. The van der Waals surface area contributed by atoms with Crippen LogP contribution in [-0.2, 0) is 6.61 Å². The zero-order valence-electron chi connectivity index (χ0n) is 15.6. The summed E-state index contributed by atoms with van der Waals surface area (Å²) in [4.78, 5) is 19.4. The second-order valence-electron chi connectivity index (χ2n) is 6.32. The van der Waals surface area contributed by atoms with E-state index >= 15 is 0 Å². The smallest absolute Gasteiger partial charge is 0.254 e. The van der Waals surface area contributed by atoms with Crippen molar-refractivity contribution in [3.05, 3.63) is 45.9 Å². The summed E-state index contributed by atoms with van der Waals surface area (Å²) in [6, 6.07) is 7.76. The standard InChI is InChI=1S/C19H25N3O2S.2ClH/c1-3-9-22(17-7-8-20-11-17)19(23)15-5-4-6-18(10-15)24-12-16-13-25-14(2)21-16;;/h4-6,10,13,17,20H,3,7-9,11-12H2,1-2H3;2*1H. The van der Waals surface area contributed by atoms with Crippen molar-refractivity contribution in [2.24, 2.45) is 0 Å². The molecule has 5 nitrogen and oxygen atoms in total. The van der Waals surface area contributed by atoms with Gasteiger partial charge in [0.2, 0.25) is 0 Å². The molecule has 2 heterocycles. The number of thiazole rings is 1. The van der Waals surface area contributed by atoms with Gasteiger partial charge in [0.1, 0.15) is 12.4 Å². The Hall–Kier alpha value is -1.34. The summed E-state index contributed by atoms with van der Waals surface area (Å²) in [6.07, 6.45) is 1.98. The van der Waals surface area contributed by atoms with Crippen molar-refractivity contribution >= 4 is 42.1 Å². The molecular weight excluding hydrogens is 405 g/mol. The number of carbonyl (C=O) groups excluding carboxylic acids is 1. The number of nitrogens with one attached hydrogen (secondary N) is 1. The lowest BCUT2D eigenvalue weighted by molar-refractivity contribution is 0.0691. The number of rotatable bonds is 7. The van der Waals surface area contributed by atoms with E-state index < -0.39 is 0 Å². The van der Waals surface area contributed by atoms with Crippen LogP contribution in [0.4, 0.5) is 0 Å². The number of carbonyl (C=O) groups is 1. The monoisotopic (exact) mass is 431 g/mol. The van der Waals surface area contributed by atoms with Gasteiger partial charge in [-0.3, -0.25) is 4.79 Å².